The molecule has 3 heteroatoms. The van der Waals surface area contributed by atoms with Crippen LogP contribution in [-0.4, -0.2) is 29.7 Å². The second kappa shape index (κ2) is 9.29. The molecule has 0 radical (unpaired) electrons. The van der Waals surface area contributed by atoms with Crippen LogP contribution in [-0.2, 0) is 24.0 Å². The monoisotopic (exact) mass is 433 g/mol. The Kier molecular flexibility index (Phi) is 6.65. The van der Waals surface area contributed by atoms with Crippen LogP contribution in [0.4, 0.5) is 4.79 Å². The summed E-state index contributed by atoms with van der Waals surface area (Å²) < 4.78 is 5.56. The van der Waals surface area contributed by atoms with Crippen molar-refractivity contribution in [3.63, 3.8) is 0 Å². The van der Waals surface area contributed by atoms with Crippen molar-refractivity contribution in [2.45, 2.75) is 90.6 Å². The smallest absolute Gasteiger partial charge is 0.410 e. The van der Waals surface area contributed by atoms with Gasteiger partial charge in [-0.1, -0.05) is 43.3 Å². The molecule has 1 heterocycles. The predicted molar refractivity (Wildman–Crippen MR) is 132 cm³/mol. The van der Waals surface area contributed by atoms with Gasteiger partial charge in [0.2, 0.25) is 0 Å². The molecule has 1 aliphatic heterocycles. The second-order valence-corrected chi connectivity index (χ2v) is 10.7. The van der Waals surface area contributed by atoms with Gasteiger partial charge in [0.25, 0.3) is 0 Å². The average Bonchev–Trinajstić information content (AvgIpc) is 3.16. The minimum atomic E-state index is -0.433. The van der Waals surface area contributed by atoms with E-state index >= 15 is 0 Å². The summed E-state index contributed by atoms with van der Waals surface area (Å²) in [5, 5.41) is 0. The van der Waals surface area contributed by atoms with Crippen molar-refractivity contribution in [1.82, 2.24) is 4.90 Å². The Bertz CT molecular complexity index is 964. The average molecular weight is 434 g/mol. The summed E-state index contributed by atoms with van der Waals surface area (Å²) in [6.45, 7) is 11.9. The Labute approximate surface area is 194 Å². The summed E-state index contributed by atoms with van der Waals surface area (Å²) in [6, 6.07) is 14.0. The summed E-state index contributed by atoms with van der Waals surface area (Å²) in [5.41, 5.74) is 8.62. The maximum Gasteiger partial charge on any atom is 0.410 e. The topological polar surface area (TPSA) is 29.5 Å². The van der Waals surface area contributed by atoms with E-state index in [1.165, 1.54) is 35.1 Å². The first-order valence-corrected chi connectivity index (χ1v) is 12.4. The molecule has 4 rings (SSSR count). The SMILES string of the molecule is CCc1cc(CC2CCc3cccc(C)c32)ccc1C1CCN(C(=O)OC(C)(C)C)CC1. The standard InChI is InChI=1S/C29H39NO2/c1-6-22-18-21(19-25-12-11-24-9-7-8-20(2)27(24)25)10-13-26(22)23-14-16-30(17-15-23)28(31)32-29(3,4)5/h7-10,13,18,23,25H,6,11-12,14-17,19H2,1-5H3. The summed E-state index contributed by atoms with van der Waals surface area (Å²) in [5.74, 6) is 1.19. The Balaban J connectivity index is 1.43. The molecular weight excluding hydrogens is 394 g/mol. The number of hydrogen-bond donors (Lipinski definition) is 0. The largest absolute Gasteiger partial charge is 0.444 e. The van der Waals surface area contributed by atoms with E-state index in [1.807, 2.05) is 25.7 Å². The van der Waals surface area contributed by atoms with Gasteiger partial charge in [0, 0.05) is 13.1 Å². The van der Waals surface area contributed by atoms with Gasteiger partial charge in [0.15, 0.2) is 0 Å². The molecule has 2 aromatic rings. The number of amides is 1. The Morgan fingerprint density at radius 2 is 1.84 bits per heavy atom. The third-order valence-electron chi connectivity index (χ3n) is 7.24. The number of hydrogen-bond acceptors (Lipinski definition) is 2. The summed E-state index contributed by atoms with van der Waals surface area (Å²) >= 11 is 0. The van der Waals surface area contributed by atoms with Crippen LogP contribution in [0.2, 0.25) is 0 Å². The molecule has 1 aliphatic carbocycles. The van der Waals surface area contributed by atoms with Gasteiger partial charge in [-0.05, 0) is 111 Å². The Morgan fingerprint density at radius 1 is 1.09 bits per heavy atom. The van der Waals surface area contributed by atoms with E-state index in [-0.39, 0.29) is 6.09 Å². The number of rotatable bonds is 4. The van der Waals surface area contributed by atoms with Crippen molar-refractivity contribution >= 4 is 6.09 Å². The third-order valence-corrected chi connectivity index (χ3v) is 7.24. The van der Waals surface area contributed by atoms with Crippen LogP contribution in [0, 0.1) is 6.92 Å². The number of ether oxygens (including phenoxy) is 1. The van der Waals surface area contributed by atoms with Gasteiger partial charge in [-0.2, -0.15) is 0 Å². The van der Waals surface area contributed by atoms with Gasteiger partial charge in [-0.25, -0.2) is 4.79 Å². The highest BCUT2D eigenvalue weighted by atomic mass is 16.6. The number of piperidine rings is 1. The molecule has 0 spiro atoms. The van der Waals surface area contributed by atoms with Crippen LogP contribution in [0.5, 0.6) is 0 Å². The molecule has 2 aromatic carbocycles. The van der Waals surface area contributed by atoms with Crippen molar-refractivity contribution in [2.75, 3.05) is 13.1 Å². The number of aryl methyl sites for hydroxylation is 3. The molecule has 1 fully saturated rings. The number of carbonyl (C=O) groups excluding carboxylic acids is 1. The lowest BCUT2D eigenvalue weighted by Crippen LogP contribution is -2.41. The maximum absolute atomic E-state index is 12.4. The predicted octanol–water partition coefficient (Wildman–Crippen LogP) is 6.94. The molecule has 0 bridgehead atoms. The minimum Gasteiger partial charge on any atom is -0.444 e. The van der Waals surface area contributed by atoms with E-state index in [4.69, 9.17) is 4.74 Å². The van der Waals surface area contributed by atoms with E-state index in [0.717, 1.165) is 38.8 Å². The van der Waals surface area contributed by atoms with Gasteiger partial charge < -0.3 is 9.64 Å². The van der Waals surface area contributed by atoms with Crippen LogP contribution in [0.25, 0.3) is 0 Å². The highest BCUT2D eigenvalue weighted by molar-refractivity contribution is 5.68. The number of benzene rings is 2. The van der Waals surface area contributed by atoms with Crippen LogP contribution < -0.4 is 0 Å². The number of likely N-dealkylation sites (tertiary alicyclic amines) is 1. The third kappa shape index (κ3) is 5.03. The summed E-state index contributed by atoms with van der Waals surface area (Å²) in [7, 11) is 0. The lowest BCUT2D eigenvalue weighted by atomic mass is 9.83. The van der Waals surface area contributed by atoms with E-state index in [9.17, 15) is 4.79 Å². The fourth-order valence-electron chi connectivity index (χ4n) is 5.70. The molecule has 32 heavy (non-hydrogen) atoms. The molecule has 1 amide bonds. The molecule has 0 N–H and O–H groups in total. The van der Waals surface area contributed by atoms with E-state index < -0.39 is 5.60 Å². The van der Waals surface area contributed by atoms with E-state index in [0.29, 0.717) is 11.8 Å². The minimum absolute atomic E-state index is 0.172. The van der Waals surface area contributed by atoms with Gasteiger partial charge in [0.05, 0.1) is 0 Å². The van der Waals surface area contributed by atoms with Crippen LogP contribution in [0.1, 0.15) is 92.2 Å². The molecule has 1 saturated heterocycles. The Hall–Kier alpha value is -2.29. The molecule has 2 aliphatic rings. The van der Waals surface area contributed by atoms with Gasteiger partial charge >= 0.3 is 6.09 Å². The second-order valence-electron chi connectivity index (χ2n) is 10.7. The molecule has 0 aromatic heterocycles. The molecule has 3 nitrogen and oxygen atoms in total. The van der Waals surface area contributed by atoms with Crippen LogP contribution in [0.15, 0.2) is 36.4 Å². The maximum atomic E-state index is 12.4. The molecule has 0 saturated carbocycles. The zero-order valence-electron chi connectivity index (χ0n) is 20.5. The van der Waals surface area contributed by atoms with Crippen molar-refractivity contribution in [3.8, 4) is 0 Å². The summed E-state index contributed by atoms with van der Waals surface area (Å²) in [4.78, 5) is 14.3. The zero-order valence-corrected chi connectivity index (χ0v) is 20.5. The van der Waals surface area contributed by atoms with Gasteiger partial charge in [-0.15, -0.1) is 0 Å². The first-order chi connectivity index (χ1) is 15.2. The number of nitrogens with zero attached hydrogens (tertiary/aromatic N) is 1. The normalized spacial score (nSPS) is 19.2. The molecule has 1 atom stereocenters. The highest BCUT2D eigenvalue weighted by Crippen LogP contribution is 2.38. The lowest BCUT2D eigenvalue weighted by molar-refractivity contribution is 0.0204. The van der Waals surface area contributed by atoms with Crippen molar-refractivity contribution in [1.29, 1.82) is 0 Å². The number of fused-ring (bicyclic) bond motifs is 1. The van der Waals surface area contributed by atoms with Crippen molar-refractivity contribution < 1.29 is 9.53 Å². The number of carbonyl (C=O) groups is 1. The fraction of sp³-hybridized carbons (Fsp3) is 0.552. The molecule has 172 valence electrons. The van der Waals surface area contributed by atoms with E-state index in [1.54, 1.807) is 11.1 Å². The zero-order chi connectivity index (χ0) is 22.9. The van der Waals surface area contributed by atoms with Crippen molar-refractivity contribution in [2.24, 2.45) is 0 Å². The Morgan fingerprint density at radius 3 is 2.53 bits per heavy atom. The lowest BCUT2D eigenvalue weighted by Gasteiger charge is -2.34. The van der Waals surface area contributed by atoms with Gasteiger partial charge in [0.1, 0.15) is 5.60 Å². The molecular formula is C29H39NO2. The van der Waals surface area contributed by atoms with Crippen LogP contribution >= 0.6 is 0 Å². The quantitative estimate of drug-likeness (QED) is 0.522. The first-order valence-electron chi connectivity index (χ1n) is 12.4. The van der Waals surface area contributed by atoms with E-state index in [2.05, 4.69) is 50.2 Å². The van der Waals surface area contributed by atoms with Crippen molar-refractivity contribution in [3.05, 3.63) is 69.8 Å². The summed E-state index contributed by atoms with van der Waals surface area (Å²) in [6.07, 6.45) is 6.55. The molecule has 1 unspecified atom stereocenters. The van der Waals surface area contributed by atoms with Gasteiger partial charge in [-0.3, -0.25) is 0 Å². The van der Waals surface area contributed by atoms with Crippen LogP contribution in [0.3, 0.4) is 0 Å². The highest BCUT2D eigenvalue weighted by Gasteiger charge is 2.29. The fourth-order valence-corrected chi connectivity index (χ4v) is 5.70. The first kappa shape index (κ1) is 22.9.